The molecule has 1 aromatic rings. The molecule has 1 atom stereocenters. The summed E-state index contributed by atoms with van der Waals surface area (Å²) in [6.45, 7) is 5.20. The molecule has 1 aliphatic rings. The number of nitrogens with zero attached hydrogens (tertiary/aromatic N) is 3. The van der Waals surface area contributed by atoms with E-state index in [1.54, 1.807) is 0 Å². The molecule has 0 spiro atoms. The van der Waals surface area contributed by atoms with Crippen molar-refractivity contribution in [1.82, 2.24) is 20.1 Å². The second-order valence-electron chi connectivity index (χ2n) is 4.32. The number of aryl methyl sites for hydroxylation is 1. The Morgan fingerprint density at radius 1 is 1.44 bits per heavy atom. The van der Waals surface area contributed by atoms with Gasteiger partial charge in [0.2, 0.25) is 0 Å². The Balaban J connectivity index is 1.87. The lowest BCUT2D eigenvalue weighted by Crippen LogP contribution is -2.24. The highest BCUT2D eigenvalue weighted by Crippen LogP contribution is 2.14. The van der Waals surface area contributed by atoms with Gasteiger partial charge in [-0.25, -0.2) is 0 Å². The van der Waals surface area contributed by atoms with E-state index in [2.05, 4.69) is 33.3 Å². The Morgan fingerprint density at radius 3 is 3.12 bits per heavy atom. The van der Waals surface area contributed by atoms with Gasteiger partial charge in [0.15, 0.2) is 0 Å². The molecule has 0 saturated carbocycles. The van der Waals surface area contributed by atoms with Crippen LogP contribution in [0.15, 0.2) is 0 Å². The van der Waals surface area contributed by atoms with Gasteiger partial charge in [-0.1, -0.05) is 6.92 Å². The summed E-state index contributed by atoms with van der Waals surface area (Å²) in [6.07, 6.45) is 5.76. The first-order valence-electron chi connectivity index (χ1n) is 5.95. The molecule has 1 unspecified atom stereocenters. The van der Waals surface area contributed by atoms with Crippen LogP contribution in [0.2, 0.25) is 0 Å². The molecule has 2 heterocycles. The van der Waals surface area contributed by atoms with Crippen LogP contribution in [0.5, 0.6) is 0 Å². The third-order valence-corrected chi connectivity index (χ3v) is 4.02. The second-order valence-corrected chi connectivity index (χ2v) is 5.59. The summed E-state index contributed by atoms with van der Waals surface area (Å²) in [5.41, 5.74) is 0. The van der Waals surface area contributed by atoms with E-state index in [1.807, 2.05) is 11.8 Å². The van der Waals surface area contributed by atoms with E-state index in [9.17, 15) is 0 Å². The van der Waals surface area contributed by atoms with Gasteiger partial charge in [0.1, 0.15) is 11.6 Å². The third kappa shape index (κ3) is 2.77. The van der Waals surface area contributed by atoms with E-state index in [0.717, 1.165) is 31.9 Å². The van der Waals surface area contributed by atoms with Crippen molar-refractivity contribution in [2.45, 2.75) is 44.5 Å². The zero-order chi connectivity index (χ0) is 11.4. The van der Waals surface area contributed by atoms with Crippen molar-refractivity contribution >= 4 is 11.8 Å². The summed E-state index contributed by atoms with van der Waals surface area (Å²) in [5, 5.41) is 12.6. The first-order chi connectivity index (χ1) is 7.81. The average Bonchev–Trinajstić information content (AvgIpc) is 2.73. The van der Waals surface area contributed by atoms with E-state index in [1.165, 1.54) is 18.7 Å². The third-order valence-electron chi connectivity index (χ3n) is 3.05. The number of hydrogen-bond donors (Lipinski definition) is 1. The van der Waals surface area contributed by atoms with Crippen LogP contribution in [0.1, 0.15) is 31.4 Å². The Kier molecular flexibility index (Phi) is 4.23. The molecule has 0 aromatic carbocycles. The molecular formula is C11H20N4S. The Hall–Kier alpha value is -0.550. The highest BCUT2D eigenvalue weighted by molar-refractivity contribution is 7.99. The van der Waals surface area contributed by atoms with Crippen LogP contribution in [0.25, 0.3) is 0 Å². The van der Waals surface area contributed by atoms with Gasteiger partial charge in [-0.05, 0) is 19.1 Å². The molecule has 1 N–H and O–H groups in total. The topological polar surface area (TPSA) is 42.7 Å². The quantitative estimate of drug-likeness (QED) is 0.846. The number of nitrogens with one attached hydrogen (secondary N) is 1. The standard InChI is InChI=1S/C11H20N4S/c1-9(16-2)7-12-8-11-14-13-10-5-3-4-6-15(10)11/h9,12H,3-8H2,1-2H3. The number of thioether (sulfide) groups is 1. The van der Waals surface area contributed by atoms with Crippen molar-refractivity contribution in [1.29, 1.82) is 0 Å². The lowest BCUT2D eigenvalue weighted by Gasteiger charge is -2.15. The molecule has 2 rings (SSSR count). The van der Waals surface area contributed by atoms with Gasteiger partial charge in [-0.2, -0.15) is 11.8 Å². The maximum absolute atomic E-state index is 4.26. The predicted molar refractivity (Wildman–Crippen MR) is 67.6 cm³/mol. The summed E-state index contributed by atoms with van der Waals surface area (Å²) in [5.74, 6) is 2.27. The number of rotatable bonds is 5. The fourth-order valence-corrected chi connectivity index (χ4v) is 2.25. The van der Waals surface area contributed by atoms with E-state index in [0.29, 0.717) is 5.25 Å². The summed E-state index contributed by atoms with van der Waals surface area (Å²) in [7, 11) is 0. The molecular weight excluding hydrogens is 220 g/mol. The molecule has 0 radical (unpaired) electrons. The van der Waals surface area contributed by atoms with Crippen LogP contribution in [0, 0.1) is 0 Å². The number of fused-ring (bicyclic) bond motifs is 1. The van der Waals surface area contributed by atoms with Crippen molar-refractivity contribution in [3.63, 3.8) is 0 Å². The van der Waals surface area contributed by atoms with Gasteiger partial charge in [0.25, 0.3) is 0 Å². The minimum Gasteiger partial charge on any atom is -0.314 e. The number of hydrogen-bond acceptors (Lipinski definition) is 4. The fourth-order valence-electron chi connectivity index (χ4n) is 1.97. The van der Waals surface area contributed by atoms with Crippen LogP contribution in [-0.2, 0) is 19.5 Å². The highest BCUT2D eigenvalue weighted by atomic mass is 32.2. The normalized spacial score (nSPS) is 17.1. The van der Waals surface area contributed by atoms with Crippen molar-refractivity contribution in [3.8, 4) is 0 Å². The summed E-state index contributed by atoms with van der Waals surface area (Å²) < 4.78 is 2.28. The van der Waals surface area contributed by atoms with Gasteiger partial charge in [-0.15, -0.1) is 10.2 Å². The lowest BCUT2D eigenvalue weighted by molar-refractivity contribution is 0.498. The van der Waals surface area contributed by atoms with Crippen molar-refractivity contribution in [2.75, 3.05) is 12.8 Å². The molecule has 0 amide bonds. The van der Waals surface area contributed by atoms with E-state index >= 15 is 0 Å². The molecule has 4 nitrogen and oxygen atoms in total. The molecule has 1 aromatic heterocycles. The van der Waals surface area contributed by atoms with Crippen molar-refractivity contribution < 1.29 is 0 Å². The molecule has 5 heteroatoms. The van der Waals surface area contributed by atoms with Gasteiger partial charge in [-0.3, -0.25) is 0 Å². The summed E-state index contributed by atoms with van der Waals surface area (Å²) in [6, 6.07) is 0. The zero-order valence-electron chi connectivity index (χ0n) is 10.1. The van der Waals surface area contributed by atoms with E-state index in [4.69, 9.17) is 0 Å². The van der Waals surface area contributed by atoms with Crippen LogP contribution in [0.3, 0.4) is 0 Å². The first kappa shape index (κ1) is 11.9. The van der Waals surface area contributed by atoms with E-state index in [-0.39, 0.29) is 0 Å². The van der Waals surface area contributed by atoms with Crippen LogP contribution in [0.4, 0.5) is 0 Å². The van der Waals surface area contributed by atoms with Gasteiger partial charge in [0, 0.05) is 24.8 Å². The first-order valence-corrected chi connectivity index (χ1v) is 7.24. The fraction of sp³-hybridized carbons (Fsp3) is 0.818. The molecule has 0 fully saturated rings. The highest BCUT2D eigenvalue weighted by Gasteiger charge is 2.15. The number of aromatic nitrogens is 3. The minimum absolute atomic E-state index is 0.656. The monoisotopic (exact) mass is 240 g/mol. The van der Waals surface area contributed by atoms with Crippen LogP contribution in [-0.4, -0.2) is 32.8 Å². The average molecular weight is 240 g/mol. The molecule has 0 aliphatic carbocycles. The van der Waals surface area contributed by atoms with E-state index < -0.39 is 0 Å². The molecule has 0 bridgehead atoms. The molecule has 90 valence electrons. The van der Waals surface area contributed by atoms with Crippen molar-refractivity contribution in [3.05, 3.63) is 11.6 Å². The zero-order valence-corrected chi connectivity index (χ0v) is 10.9. The Morgan fingerprint density at radius 2 is 2.31 bits per heavy atom. The maximum atomic E-state index is 4.26. The van der Waals surface area contributed by atoms with Crippen LogP contribution < -0.4 is 5.32 Å². The smallest absolute Gasteiger partial charge is 0.147 e. The maximum Gasteiger partial charge on any atom is 0.147 e. The van der Waals surface area contributed by atoms with Gasteiger partial charge >= 0.3 is 0 Å². The lowest BCUT2D eigenvalue weighted by atomic mass is 10.2. The van der Waals surface area contributed by atoms with Crippen LogP contribution >= 0.6 is 11.8 Å². The Bertz CT molecular complexity index is 337. The van der Waals surface area contributed by atoms with Crippen molar-refractivity contribution in [2.24, 2.45) is 0 Å². The Labute approximate surface area is 101 Å². The SMILES string of the molecule is CSC(C)CNCc1nnc2n1CCCC2. The molecule has 0 saturated heterocycles. The largest absolute Gasteiger partial charge is 0.314 e. The van der Waals surface area contributed by atoms with Gasteiger partial charge < -0.3 is 9.88 Å². The second kappa shape index (κ2) is 5.68. The van der Waals surface area contributed by atoms with Gasteiger partial charge in [0.05, 0.1) is 6.54 Å². The minimum atomic E-state index is 0.656. The summed E-state index contributed by atoms with van der Waals surface area (Å²) >= 11 is 1.89. The molecule has 16 heavy (non-hydrogen) atoms. The summed E-state index contributed by atoms with van der Waals surface area (Å²) in [4.78, 5) is 0. The predicted octanol–water partition coefficient (Wildman–Crippen LogP) is 1.46. The molecule has 1 aliphatic heterocycles.